The lowest BCUT2D eigenvalue weighted by molar-refractivity contribution is 1.13. The van der Waals surface area contributed by atoms with Crippen LogP contribution in [0.1, 0.15) is 16.7 Å². The summed E-state index contributed by atoms with van der Waals surface area (Å²) >= 11 is 0. The highest BCUT2D eigenvalue weighted by atomic mass is 28.3. The van der Waals surface area contributed by atoms with Gasteiger partial charge in [0.1, 0.15) is 8.07 Å². The first-order chi connectivity index (χ1) is 16.7. The minimum Gasteiger partial charge on any atom is -0.378 e. The Morgan fingerprint density at radius 2 is 1.54 bits per heavy atom. The van der Waals surface area contributed by atoms with Crippen molar-refractivity contribution in [2.45, 2.75) is 20.0 Å². The zero-order chi connectivity index (χ0) is 24.7. The first kappa shape index (κ1) is 22.9. The molecule has 0 unspecified atom stereocenters. The summed E-state index contributed by atoms with van der Waals surface area (Å²) in [5, 5.41) is 20.1. The van der Waals surface area contributed by atoms with Crippen LogP contribution in [-0.2, 0) is 0 Å². The summed E-state index contributed by atoms with van der Waals surface area (Å²) in [7, 11) is 1.99. The van der Waals surface area contributed by atoms with Crippen LogP contribution in [0.3, 0.4) is 0 Å². The fourth-order valence-corrected chi connectivity index (χ4v) is 8.02. The minimum absolute atomic E-state index is 0.563. The van der Waals surface area contributed by atoms with Crippen LogP contribution >= 0.6 is 0 Å². The maximum atomic E-state index is 8.32. The topological polar surface area (TPSA) is 51.8 Å². The first-order valence-corrected chi connectivity index (χ1v) is 14.9. The van der Waals surface area contributed by atoms with Crippen LogP contribution in [0.4, 0.5) is 17.1 Å². The second-order valence-electron chi connectivity index (χ2n) is 9.97. The lowest BCUT2D eigenvalue weighted by Gasteiger charge is -2.38. The average Bonchev–Trinajstić information content (AvgIpc) is 2.84. The number of rotatable bonds is 4. The molecule has 0 fully saturated rings. The summed E-state index contributed by atoms with van der Waals surface area (Å²) in [5.41, 5.74) is 9.61. The number of nitrogens with one attached hydrogen (secondary N) is 1. The molecule has 0 radical (unpaired) electrons. The standard InChI is InChI=1S/C30H30N4Si/c1-20-7-6-8-21(17-20)30-26-15-9-22(31)18-28(26)35(4,5)29-19-24(12-16-27(29)30)33-32-23-10-13-25(14-11-23)34(2)3/h6-19,31H,1-5H3. The summed E-state index contributed by atoms with van der Waals surface area (Å²) in [5.74, 6) is 0. The number of hydrogen-bond donors (Lipinski definition) is 1. The first-order valence-electron chi connectivity index (χ1n) is 11.9. The van der Waals surface area contributed by atoms with Gasteiger partial charge in [-0.25, -0.2) is 0 Å². The van der Waals surface area contributed by atoms with E-state index in [2.05, 4.69) is 102 Å². The van der Waals surface area contributed by atoms with Crippen LogP contribution in [0.25, 0.3) is 5.57 Å². The second-order valence-corrected chi connectivity index (χ2v) is 14.3. The summed E-state index contributed by atoms with van der Waals surface area (Å²) < 4.78 is 0. The van der Waals surface area contributed by atoms with Gasteiger partial charge in [0.2, 0.25) is 0 Å². The van der Waals surface area contributed by atoms with Gasteiger partial charge in [-0.05, 0) is 88.1 Å². The Morgan fingerprint density at radius 1 is 0.829 bits per heavy atom. The molecule has 5 heteroatoms. The number of nitrogens with zero attached hydrogens (tertiary/aromatic N) is 3. The van der Waals surface area contributed by atoms with Gasteiger partial charge >= 0.3 is 0 Å². The maximum Gasteiger partial charge on any atom is 0.114 e. The Morgan fingerprint density at radius 3 is 2.26 bits per heavy atom. The summed E-state index contributed by atoms with van der Waals surface area (Å²) in [6, 6.07) is 23.3. The molecule has 3 aromatic carbocycles. The van der Waals surface area contributed by atoms with Gasteiger partial charge < -0.3 is 10.3 Å². The van der Waals surface area contributed by atoms with Crippen molar-refractivity contribution in [2.24, 2.45) is 10.2 Å². The van der Waals surface area contributed by atoms with Gasteiger partial charge in [-0.2, -0.15) is 10.2 Å². The number of hydrogen-bond acceptors (Lipinski definition) is 4. The third-order valence-corrected chi connectivity index (χ3v) is 10.4. The van der Waals surface area contributed by atoms with E-state index in [-0.39, 0.29) is 0 Å². The van der Waals surface area contributed by atoms with Crippen LogP contribution in [0.15, 0.2) is 106 Å². The summed E-state index contributed by atoms with van der Waals surface area (Å²) in [6.07, 6.45) is 6.12. The lowest BCUT2D eigenvalue weighted by Crippen LogP contribution is -2.49. The molecular weight excluding hydrogens is 444 g/mol. The molecule has 1 aliphatic heterocycles. The molecule has 0 amide bonds. The molecular formula is C30H30N4Si. The highest BCUT2D eigenvalue weighted by Gasteiger charge is 2.39. The Bertz CT molecular complexity index is 1450. The predicted molar refractivity (Wildman–Crippen MR) is 151 cm³/mol. The van der Waals surface area contributed by atoms with Crippen LogP contribution in [0.2, 0.25) is 13.1 Å². The number of benzene rings is 3. The van der Waals surface area contributed by atoms with Crippen LogP contribution in [-0.4, -0.2) is 27.9 Å². The minimum atomic E-state index is -2.06. The van der Waals surface area contributed by atoms with Crippen molar-refractivity contribution in [3.05, 3.63) is 112 Å². The largest absolute Gasteiger partial charge is 0.378 e. The van der Waals surface area contributed by atoms with Crippen LogP contribution in [0.5, 0.6) is 0 Å². The lowest BCUT2D eigenvalue weighted by atomic mass is 9.89. The molecule has 35 heavy (non-hydrogen) atoms. The van der Waals surface area contributed by atoms with Crippen molar-refractivity contribution in [1.29, 1.82) is 5.41 Å². The second kappa shape index (κ2) is 8.75. The van der Waals surface area contributed by atoms with E-state index in [1.165, 1.54) is 38.2 Å². The molecule has 1 aliphatic carbocycles. The summed E-state index contributed by atoms with van der Waals surface area (Å²) in [6.45, 7) is 6.88. The van der Waals surface area contributed by atoms with Crippen LogP contribution < -0.4 is 10.1 Å². The quantitative estimate of drug-likeness (QED) is 0.314. The molecule has 3 aromatic rings. The molecule has 0 spiro atoms. The molecule has 174 valence electrons. The monoisotopic (exact) mass is 474 g/mol. The third kappa shape index (κ3) is 4.24. The van der Waals surface area contributed by atoms with Gasteiger partial charge in [-0.3, -0.25) is 0 Å². The van der Waals surface area contributed by atoms with Crippen molar-refractivity contribution in [3.63, 3.8) is 0 Å². The van der Waals surface area contributed by atoms with E-state index in [0.29, 0.717) is 5.71 Å². The van der Waals surface area contributed by atoms with Gasteiger partial charge in [-0.1, -0.05) is 55.1 Å². The number of allylic oxidation sites excluding steroid dienone is 5. The Hall–Kier alpha value is -3.83. The van der Waals surface area contributed by atoms with Gasteiger partial charge in [0.25, 0.3) is 0 Å². The van der Waals surface area contributed by atoms with E-state index in [1.807, 2.05) is 32.3 Å². The zero-order valence-corrected chi connectivity index (χ0v) is 21.9. The van der Waals surface area contributed by atoms with E-state index in [1.54, 1.807) is 0 Å². The van der Waals surface area contributed by atoms with Crippen molar-refractivity contribution in [2.75, 3.05) is 19.0 Å². The molecule has 0 saturated heterocycles. The van der Waals surface area contributed by atoms with E-state index in [0.717, 1.165) is 17.1 Å². The molecule has 4 nitrogen and oxygen atoms in total. The SMILES string of the molecule is Cc1cccc(C2=C3C=CC(=N)C=C3[Si](C)(C)c3cc(N=Nc4ccc(N(C)C)cc4)ccc32)c1. The smallest absolute Gasteiger partial charge is 0.114 e. The highest BCUT2D eigenvalue weighted by Crippen LogP contribution is 2.42. The number of fused-ring (bicyclic) bond motifs is 2. The molecule has 1 heterocycles. The molecule has 0 atom stereocenters. The van der Waals surface area contributed by atoms with Crippen LogP contribution in [0, 0.1) is 12.3 Å². The van der Waals surface area contributed by atoms with Gasteiger partial charge in [0, 0.05) is 19.8 Å². The molecule has 0 saturated carbocycles. The molecule has 0 aromatic heterocycles. The fraction of sp³-hybridized carbons (Fsp3) is 0.167. The third-order valence-electron chi connectivity index (χ3n) is 6.86. The molecule has 0 bridgehead atoms. The van der Waals surface area contributed by atoms with Gasteiger partial charge in [-0.15, -0.1) is 0 Å². The number of anilines is 1. The fourth-order valence-electron chi connectivity index (χ4n) is 4.94. The Kier molecular flexibility index (Phi) is 5.73. The average molecular weight is 475 g/mol. The number of azo groups is 1. The van der Waals surface area contributed by atoms with Gasteiger partial charge in [0.05, 0.1) is 17.1 Å². The van der Waals surface area contributed by atoms with Crippen molar-refractivity contribution in [3.8, 4) is 0 Å². The maximum absolute atomic E-state index is 8.32. The molecule has 1 N–H and O–H groups in total. The summed E-state index contributed by atoms with van der Waals surface area (Å²) in [4.78, 5) is 2.07. The zero-order valence-electron chi connectivity index (χ0n) is 20.9. The van der Waals surface area contributed by atoms with Crippen molar-refractivity contribution < 1.29 is 0 Å². The van der Waals surface area contributed by atoms with E-state index < -0.39 is 8.07 Å². The van der Waals surface area contributed by atoms with Crippen molar-refractivity contribution in [1.82, 2.24) is 0 Å². The van der Waals surface area contributed by atoms with E-state index in [9.17, 15) is 0 Å². The molecule has 5 rings (SSSR count). The molecule has 2 aliphatic rings. The predicted octanol–water partition coefficient (Wildman–Crippen LogP) is 7.26. The van der Waals surface area contributed by atoms with Crippen molar-refractivity contribution >= 4 is 41.6 Å². The van der Waals surface area contributed by atoms with Gasteiger partial charge in [0.15, 0.2) is 0 Å². The van der Waals surface area contributed by atoms with E-state index >= 15 is 0 Å². The number of aryl methyl sites for hydroxylation is 1. The van der Waals surface area contributed by atoms with E-state index in [4.69, 9.17) is 5.41 Å². The normalized spacial score (nSPS) is 16.3. The Labute approximate surface area is 208 Å². The highest BCUT2D eigenvalue weighted by molar-refractivity contribution is 6.98. The Balaban J connectivity index is 1.62.